The summed E-state index contributed by atoms with van der Waals surface area (Å²) >= 11 is 0. The van der Waals surface area contributed by atoms with Gasteiger partial charge < -0.3 is 0 Å². The second kappa shape index (κ2) is 4.91. The standard InChI is InChI=1S/C21H28O2/c1-4-13-5-6-16-15-12-19(23)18-11-14(22)7-9-21(18,3)17(15)8-10-20(13,16)2/h5,11,15-17H,4,6-10,12H2,1-3H3. The molecule has 4 aliphatic carbocycles. The number of carbonyl (C=O) groups excluding carboxylic acids is 2. The van der Waals surface area contributed by atoms with Crippen molar-refractivity contribution in [2.75, 3.05) is 0 Å². The van der Waals surface area contributed by atoms with Crippen LogP contribution in [0.25, 0.3) is 0 Å². The third kappa shape index (κ3) is 1.93. The fourth-order valence-electron chi connectivity index (χ4n) is 6.59. The van der Waals surface area contributed by atoms with Crippen LogP contribution >= 0.6 is 0 Å². The van der Waals surface area contributed by atoms with Crippen molar-refractivity contribution in [3.05, 3.63) is 23.3 Å². The summed E-state index contributed by atoms with van der Waals surface area (Å²) in [5.74, 6) is 2.15. The molecule has 4 rings (SSSR count). The molecule has 0 aromatic carbocycles. The Morgan fingerprint density at radius 3 is 2.65 bits per heavy atom. The van der Waals surface area contributed by atoms with Gasteiger partial charge in [0.05, 0.1) is 0 Å². The number of hydrogen-bond acceptors (Lipinski definition) is 2. The zero-order chi connectivity index (χ0) is 16.4. The van der Waals surface area contributed by atoms with Crippen molar-refractivity contribution < 1.29 is 9.59 Å². The van der Waals surface area contributed by atoms with Crippen LogP contribution in [0.4, 0.5) is 0 Å². The maximum atomic E-state index is 12.8. The Morgan fingerprint density at radius 1 is 1.13 bits per heavy atom. The van der Waals surface area contributed by atoms with Crippen molar-refractivity contribution in [3.8, 4) is 0 Å². The molecule has 2 fully saturated rings. The summed E-state index contributed by atoms with van der Waals surface area (Å²) in [4.78, 5) is 24.7. The van der Waals surface area contributed by atoms with E-state index in [-0.39, 0.29) is 17.0 Å². The first-order valence-electron chi connectivity index (χ1n) is 9.38. The highest BCUT2D eigenvalue weighted by molar-refractivity contribution is 6.05. The second-order valence-electron chi connectivity index (χ2n) is 8.72. The zero-order valence-electron chi connectivity index (χ0n) is 14.7. The van der Waals surface area contributed by atoms with E-state index in [0.29, 0.717) is 36.0 Å². The lowest BCUT2D eigenvalue weighted by Gasteiger charge is -2.57. The summed E-state index contributed by atoms with van der Waals surface area (Å²) in [6.45, 7) is 6.98. The quantitative estimate of drug-likeness (QED) is 0.661. The normalized spacial score (nSPS) is 45.8. The molecule has 4 aliphatic rings. The highest BCUT2D eigenvalue weighted by atomic mass is 16.1. The van der Waals surface area contributed by atoms with Gasteiger partial charge >= 0.3 is 0 Å². The van der Waals surface area contributed by atoms with Gasteiger partial charge in [-0.05, 0) is 66.8 Å². The Morgan fingerprint density at radius 2 is 1.91 bits per heavy atom. The van der Waals surface area contributed by atoms with Crippen molar-refractivity contribution in [3.63, 3.8) is 0 Å². The van der Waals surface area contributed by atoms with E-state index in [1.807, 2.05) is 0 Å². The van der Waals surface area contributed by atoms with E-state index in [4.69, 9.17) is 0 Å². The van der Waals surface area contributed by atoms with Gasteiger partial charge in [-0.25, -0.2) is 0 Å². The molecule has 124 valence electrons. The van der Waals surface area contributed by atoms with Gasteiger partial charge in [0.25, 0.3) is 0 Å². The molecule has 0 aromatic rings. The van der Waals surface area contributed by atoms with E-state index in [1.54, 1.807) is 11.6 Å². The van der Waals surface area contributed by atoms with Crippen LogP contribution in [0.2, 0.25) is 0 Å². The lowest BCUT2D eigenvalue weighted by Crippen LogP contribution is -2.52. The van der Waals surface area contributed by atoms with E-state index in [2.05, 4.69) is 26.8 Å². The molecule has 0 saturated heterocycles. The van der Waals surface area contributed by atoms with E-state index in [1.165, 1.54) is 12.8 Å². The van der Waals surface area contributed by atoms with Crippen LogP contribution in [-0.4, -0.2) is 11.6 Å². The molecule has 0 N–H and O–H groups in total. The van der Waals surface area contributed by atoms with Crippen LogP contribution in [0, 0.1) is 28.6 Å². The molecule has 2 nitrogen and oxygen atoms in total. The molecule has 0 bridgehead atoms. The number of Topliss-reactive ketones (excluding diaryl/α,β-unsaturated/α-hetero) is 1. The predicted molar refractivity (Wildman–Crippen MR) is 90.9 cm³/mol. The van der Waals surface area contributed by atoms with Crippen molar-refractivity contribution in [2.24, 2.45) is 28.6 Å². The van der Waals surface area contributed by atoms with Gasteiger partial charge in [-0.1, -0.05) is 32.4 Å². The fraction of sp³-hybridized carbons (Fsp3) is 0.714. The minimum atomic E-state index is -0.0514. The van der Waals surface area contributed by atoms with Crippen LogP contribution < -0.4 is 0 Å². The number of allylic oxidation sites excluding steroid dienone is 4. The average molecular weight is 312 g/mol. The van der Waals surface area contributed by atoms with E-state index >= 15 is 0 Å². The van der Waals surface area contributed by atoms with Gasteiger partial charge in [-0.2, -0.15) is 0 Å². The number of fused-ring (bicyclic) bond motifs is 5. The monoisotopic (exact) mass is 312 g/mol. The molecule has 0 aliphatic heterocycles. The number of carbonyl (C=O) groups is 2. The fourth-order valence-corrected chi connectivity index (χ4v) is 6.59. The molecule has 0 amide bonds. The summed E-state index contributed by atoms with van der Waals surface area (Å²) in [6.07, 6.45) is 11.1. The summed E-state index contributed by atoms with van der Waals surface area (Å²) in [7, 11) is 0. The van der Waals surface area contributed by atoms with Crippen molar-refractivity contribution in [2.45, 2.75) is 65.7 Å². The molecule has 2 saturated carbocycles. The summed E-state index contributed by atoms with van der Waals surface area (Å²) in [5.41, 5.74) is 2.75. The van der Waals surface area contributed by atoms with Gasteiger partial charge in [0.1, 0.15) is 0 Å². The van der Waals surface area contributed by atoms with Crippen molar-refractivity contribution >= 4 is 11.6 Å². The number of rotatable bonds is 1. The van der Waals surface area contributed by atoms with Gasteiger partial charge in [0.15, 0.2) is 11.6 Å². The van der Waals surface area contributed by atoms with E-state index in [9.17, 15) is 9.59 Å². The SMILES string of the molecule is CCC1=CCC2C3CC(=O)C4=CC(=O)CCC4(C)C3CCC12C. The summed E-state index contributed by atoms with van der Waals surface area (Å²) < 4.78 is 0. The Labute approximate surface area is 139 Å². The zero-order valence-corrected chi connectivity index (χ0v) is 14.7. The van der Waals surface area contributed by atoms with Crippen LogP contribution in [0.3, 0.4) is 0 Å². The highest BCUT2D eigenvalue weighted by Gasteiger charge is 2.58. The minimum absolute atomic E-state index is 0.0514. The first kappa shape index (κ1) is 15.4. The Kier molecular flexibility index (Phi) is 3.28. The molecule has 0 radical (unpaired) electrons. The smallest absolute Gasteiger partial charge is 0.159 e. The minimum Gasteiger partial charge on any atom is -0.295 e. The lowest BCUT2D eigenvalue weighted by atomic mass is 9.46. The third-order valence-electron chi connectivity index (χ3n) is 7.91. The molecule has 0 aromatic heterocycles. The molecule has 5 atom stereocenters. The first-order chi connectivity index (χ1) is 10.9. The van der Waals surface area contributed by atoms with Crippen molar-refractivity contribution in [1.29, 1.82) is 0 Å². The highest BCUT2D eigenvalue weighted by Crippen LogP contribution is 2.64. The van der Waals surface area contributed by atoms with Crippen LogP contribution in [0.5, 0.6) is 0 Å². The largest absolute Gasteiger partial charge is 0.295 e. The summed E-state index contributed by atoms with van der Waals surface area (Å²) in [5, 5.41) is 0. The van der Waals surface area contributed by atoms with Gasteiger partial charge in [-0.3, -0.25) is 9.59 Å². The molecule has 23 heavy (non-hydrogen) atoms. The maximum absolute atomic E-state index is 12.8. The second-order valence-corrected chi connectivity index (χ2v) is 8.72. The summed E-state index contributed by atoms with van der Waals surface area (Å²) in [6, 6.07) is 0. The van der Waals surface area contributed by atoms with E-state index < -0.39 is 0 Å². The van der Waals surface area contributed by atoms with Crippen LogP contribution in [-0.2, 0) is 9.59 Å². The average Bonchev–Trinajstić information content (AvgIpc) is 2.86. The van der Waals surface area contributed by atoms with Crippen LogP contribution in [0.1, 0.15) is 65.7 Å². The predicted octanol–water partition coefficient (Wildman–Crippen LogP) is 4.64. The lowest BCUT2D eigenvalue weighted by molar-refractivity contribution is -0.129. The van der Waals surface area contributed by atoms with Crippen LogP contribution in [0.15, 0.2) is 23.3 Å². The number of ketones is 2. The molecular weight excluding hydrogens is 284 g/mol. The third-order valence-corrected chi connectivity index (χ3v) is 7.91. The Hall–Kier alpha value is -1.18. The number of hydrogen-bond donors (Lipinski definition) is 0. The van der Waals surface area contributed by atoms with Gasteiger partial charge in [-0.15, -0.1) is 0 Å². The molecule has 0 heterocycles. The molecular formula is C21H28O2. The van der Waals surface area contributed by atoms with Crippen molar-refractivity contribution in [1.82, 2.24) is 0 Å². The maximum Gasteiger partial charge on any atom is 0.159 e. The molecule has 0 spiro atoms. The van der Waals surface area contributed by atoms with Gasteiger partial charge in [0, 0.05) is 18.4 Å². The van der Waals surface area contributed by atoms with E-state index in [0.717, 1.165) is 24.8 Å². The van der Waals surface area contributed by atoms with Gasteiger partial charge in [0.2, 0.25) is 0 Å². The molecule has 2 heteroatoms. The topological polar surface area (TPSA) is 34.1 Å². The Balaban J connectivity index is 1.73. The Bertz CT molecular complexity index is 640. The first-order valence-corrected chi connectivity index (χ1v) is 9.38. The molecule has 5 unspecified atom stereocenters.